The van der Waals surface area contributed by atoms with Crippen LogP contribution >= 0.6 is 0 Å². The van der Waals surface area contributed by atoms with E-state index < -0.39 is 0 Å². The highest BCUT2D eigenvalue weighted by Gasteiger charge is 2.24. The molecule has 0 bridgehead atoms. The molecule has 0 radical (unpaired) electrons. The van der Waals surface area contributed by atoms with E-state index in [0.717, 1.165) is 24.9 Å². The SMILES string of the molecule is COc1ccc(CC2NCCC2O)cc1O. The number of benzene rings is 1. The molecule has 2 rings (SSSR count). The quantitative estimate of drug-likeness (QED) is 0.704. The first-order valence-electron chi connectivity index (χ1n) is 5.48. The number of rotatable bonds is 3. The Bertz CT molecular complexity index is 367. The van der Waals surface area contributed by atoms with Gasteiger partial charge in [0, 0.05) is 6.04 Å². The molecule has 1 aliphatic heterocycles. The Morgan fingerprint density at radius 3 is 2.88 bits per heavy atom. The summed E-state index contributed by atoms with van der Waals surface area (Å²) in [6.45, 7) is 0.855. The lowest BCUT2D eigenvalue weighted by Gasteiger charge is -2.15. The molecule has 88 valence electrons. The highest BCUT2D eigenvalue weighted by Crippen LogP contribution is 2.27. The van der Waals surface area contributed by atoms with Gasteiger partial charge in [0.1, 0.15) is 0 Å². The zero-order valence-corrected chi connectivity index (χ0v) is 9.31. The topological polar surface area (TPSA) is 61.7 Å². The predicted octanol–water partition coefficient (Wildman–Crippen LogP) is 0.666. The van der Waals surface area contributed by atoms with Crippen LogP contribution in [0.5, 0.6) is 11.5 Å². The number of hydrogen-bond acceptors (Lipinski definition) is 4. The zero-order valence-electron chi connectivity index (χ0n) is 9.31. The Kier molecular flexibility index (Phi) is 3.31. The Morgan fingerprint density at radius 2 is 2.31 bits per heavy atom. The van der Waals surface area contributed by atoms with Crippen molar-refractivity contribution in [2.75, 3.05) is 13.7 Å². The lowest BCUT2D eigenvalue weighted by Crippen LogP contribution is -2.32. The monoisotopic (exact) mass is 223 g/mol. The second kappa shape index (κ2) is 4.72. The first kappa shape index (κ1) is 11.2. The summed E-state index contributed by atoms with van der Waals surface area (Å²) in [5.41, 5.74) is 0.997. The summed E-state index contributed by atoms with van der Waals surface area (Å²) in [6.07, 6.45) is 1.23. The van der Waals surface area contributed by atoms with Crippen LogP contribution in [0.15, 0.2) is 18.2 Å². The van der Waals surface area contributed by atoms with E-state index in [4.69, 9.17) is 4.74 Å². The minimum atomic E-state index is -0.288. The van der Waals surface area contributed by atoms with Crippen LogP contribution in [0, 0.1) is 0 Å². The minimum Gasteiger partial charge on any atom is -0.504 e. The van der Waals surface area contributed by atoms with Gasteiger partial charge in [-0.25, -0.2) is 0 Å². The van der Waals surface area contributed by atoms with Gasteiger partial charge in [-0.05, 0) is 37.1 Å². The second-order valence-electron chi connectivity index (χ2n) is 4.13. The maximum Gasteiger partial charge on any atom is 0.160 e. The molecule has 0 spiro atoms. The van der Waals surface area contributed by atoms with E-state index in [9.17, 15) is 10.2 Å². The van der Waals surface area contributed by atoms with E-state index in [-0.39, 0.29) is 17.9 Å². The van der Waals surface area contributed by atoms with Crippen LogP contribution in [0.4, 0.5) is 0 Å². The van der Waals surface area contributed by atoms with Gasteiger partial charge in [-0.2, -0.15) is 0 Å². The summed E-state index contributed by atoms with van der Waals surface area (Å²) in [5, 5.41) is 22.5. The standard InChI is InChI=1S/C12H17NO3/c1-16-12-3-2-8(7-11(12)15)6-9-10(14)4-5-13-9/h2-3,7,9-10,13-15H,4-6H2,1H3. The molecule has 1 heterocycles. The van der Waals surface area contributed by atoms with Crippen molar-refractivity contribution in [3.05, 3.63) is 23.8 Å². The molecular weight excluding hydrogens is 206 g/mol. The molecule has 4 nitrogen and oxygen atoms in total. The molecule has 4 heteroatoms. The molecule has 1 saturated heterocycles. The van der Waals surface area contributed by atoms with Crippen molar-refractivity contribution in [2.45, 2.75) is 25.0 Å². The number of phenols is 1. The fraction of sp³-hybridized carbons (Fsp3) is 0.500. The van der Waals surface area contributed by atoms with Crippen molar-refractivity contribution < 1.29 is 14.9 Å². The maximum atomic E-state index is 9.67. The first-order valence-corrected chi connectivity index (χ1v) is 5.48. The van der Waals surface area contributed by atoms with Crippen molar-refractivity contribution in [2.24, 2.45) is 0 Å². The molecule has 3 N–H and O–H groups in total. The predicted molar refractivity (Wildman–Crippen MR) is 60.8 cm³/mol. The second-order valence-corrected chi connectivity index (χ2v) is 4.13. The van der Waals surface area contributed by atoms with E-state index in [0.29, 0.717) is 5.75 Å². The Balaban J connectivity index is 2.07. The van der Waals surface area contributed by atoms with Crippen molar-refractivity contribution in [1.29, 1.82) is 0 Å². The molecule has 0 aliphatic carbocycles. The highest BCUT2D eigenvalue weighted by molar-refractivity contribution is 5.41. The summed E-state index contributed by atoms with van der Waals surface area (Å²) in [4.78, 5) is 0. The van der Waals surface area contributed by atoms with Gasteiger partial charge >= 0.3 is 0 Å². The van der Waals surface area contributed by atoms with E-state index in [1.165, 1.54) is 7.11 Å². The molecule has 2 unspecified atom stereocenters. The largest absolute Gasteiger partial charge is 0.504 e. The summed E-state index contributed by atoms with van der Waals surface area (Å²) in [5.74, 6) is 0.621. The molecule has 1 aromatic rings. The fourth-order valence-corrected chi connectivity index (χ4v) is 2.08. The number of hydrogen-bond donors (Lipinski definition) is 3. The number of aliphatic hydroxyl groups excluding tert-OH is 1. The lowest BCUT2D eigenvalue weighted by atomic mass is 10.0. The summed E-state index contributed by atoms with van der Waals surface area (Å²) in [6, 6.07) is 5.43. The Morgan fingerprint density at radius 1 is 1.50 bits per heavy atom. The third kappa shape index (κ3) is 2.28. The number of nitrogens with one attached hydrogen (secondary N) is 1. The minimum absolute atomic E-state index is 0.0906. The normalized spacial score (nSPS) is 24.6. The Labute approximate surface area is 94.9 Å². The van der Waals surface area contributed by atoms with Crippen LogP contribution in [-0.2, 0) is 6.42 Å². The third-order valence-corrected chi connectivity index (χ3v) is 3.01. The Hall–Kier alpha value is -1.26. The first-order chi connectivity index (χ1) is 7.70. The van der Waals surface area contributed by atoms with Crippen molar-refractivity contribution in [3.8, 4) is 11.5 Å². The molecule has 1 aromatic carbocycles. The summed E-state index contributed by atoms with van der Waals surface area (Å²) >= 11 is 0. The van der Waals surface area contributed by atoms with Gasteiger partial charge in [0.05, 0.1) is 13.2 Å². The molecule has 0 saturated carbocycles. The average molecular weight is 223 g/mol. The number of ether oxygens (including phenoxy) is 1. The molecule has 16 heavy (non-hydrogen) atoms. The van der Waals surface area contributed by atoms with E-state index in [2.05, 4.69) is 5.32 Å². The van der Waals surface area contributed by atoms with Gasteiger partial charge < -0.3 is 20.3 Å². The molecule has 2 atom stereocenters. The van der Waals surface area contributed by atoms with Crippen molar-refractivity contribution in [3.63, 3.8) is 0 Å². The van der Waals surface area contributed by atoms with Crippen molar-refractivity contribution in [1.82, 2.24) is 5.32 Å². The van der Waals surface area contributed by atoms with E-state index in [1.807, 2.05) is 6.07 Å². The van der Waals surface area contributed by atoms with Crippen LogP contribution in [0.1, 0.15) is 12.0 Å². The third-order valence-electron chi connectivity index (χ3n) is 3.01. The summed E-state index contributed by atoms with van der Waals surface area (Å²) < 4.78 is 4.98. The van der Waals surface area contributed by atoms with Crippen LogP contribution in [0.2, 0.25) is 0 Å². The molecule has 0 aromatic heterocycles. The number of phenolic OH excluding ortho intramolecular Hbond substituents is 1. The molecule has 1 aliphatic rings. The van der Waals surface area contributed by atoms with Gasteiger partial charge in [-0.15, -0.1) is 0 Å². The van der Waals surface area contributed by atoms with E-state index >= 15 is 0 Å². The van der Waals surface area contributed by atoms with Crippen LogP contribution in [-0.4, -0.2) is 36.0 Å². The average Bonchev–Trinajstić information content (AvgIpc) is 2.65. The maximum absolute atomic E-state index is 9.67. The lowest BCUT2D eigenvalue weighted by molar-refractivity contribution is 0.159. The molecule has 1 fully saturated rings. The van der Waals surface area contributed by atoms with E-state index in [1.54, 1.807) is 12.1 Å². The van der Waals surface area contributed by atoms with Crippen molar-refractivity contribution >= 4 is 0 Å². The number of methoxy groups -OCH3 is 1. The van der Waals surface area contributed by atoms with Crippen LogP contribution in [0.3, 0.4) is 0 Å². The van der Waals surface area contributed by atoms with Crippen LogP contribution < -0.4 is 10.1 Å². The van der Waals surface area contributed by atoms with Gasteiger partial charge in [-0.3, -0.25) is 0 Å². The van der Waals surface area contributed by atoms with Gasteiger partial charge in [0.25, 0.3) is 0 Å². The highest BCUT2D eigenvalue weighted by atomic mass is 16.5. The molecule has 0 amide bonds. The smallest absolute Gasteiger partial charge is 0.160 e. The van der Waals surface area contributed by atoms with Gasteiger partial charge in [0.15, 0.2) is 11.5 Å². The summed E-state index contributed by atoms with van der Waals surface area (Å²) in [7, 11) is 1.52. The molecular formula is C12H17NO3. The van der Waals surface area contributed by atoms with Gasteiger partial charge in [-0.1, -0.05) is 6.07 Å². The van der Waals surface area contributed by atoms with Gasteiger partial charge in [0.2, 0.25) is 0 Å². The zero-order chi connectivity index (χ0) is 11.5. The number of aliphatic hydroxyl groups is 1. The number of aromatic hydroxyl groups is 1. The van der Waals surface area contributed by atoms with Crippen LogP contribution in [0.25, 0.3) is 0 Å². The fourth-order valence-electron chi connectivity index (χ4n) is 2.08.